The molecule has 2 aromatic carbocycles. The van der Waals surface area contributed by atoms with Crippen molar-refractivity contribution in [3.63, 3.8) is 0 Å². The Hall–Kier alpha value is -2.22. The summed E-state index contributed by atoms with van der Waals surface area (Å²) >= 11 is 0. The number of hydrogen-bond donors (Lipinski definition) is 1. The molecule has 0 atom stereocenters. The fraction of sp³-hybridized carbons (Fsp3) is 0.333. The topological polar surface area (TPSA) is 55.4 Å². The minimum Gasteiger partial charge on any atom is -0.495 e. The number of ether oxygens (including phenoxy) is 1. The maximum atomic E-state index is 12.9. The number of nitrogens with one attached hydrogen (secondary N) is 1. The molecule has 1 N–H and O–H groups in total. The van der Waals surface area contributed by atoms with Gasteiger partial charge in [0.2, 0.25) is 0 Å². The molecule has 2 rings (SSSR count). The first-order valence-corrected chi connectivity index (χ1v) is 9.52. The van der Waals surface area contributed by atoms with Gasteiger partial charge in [-0.2, -0.15) is 13.2 Å². The van der Waals surface area contributed by atoms with E-state index in [1.54, 1.807) is 12.1 Å². The van der Waals surface area contributed by atoms with E-state index in [4.69, 9.17) is 4.74 Å². The lowest BCUT2D eigenvalue weighted by molar-refractivity contribution is -0.137. The van der Waals surface area contributed by atoms with Crippen LogP contribution in [0.15, 0.2) is 47.4 Å². The van der Waals surface area contributed by atoms with Gasteiger partial charge in [-0.25, -0.2) is 8.42 Å². The average Bonchev–Trinajstić information content (AvgIpc) is 2.59. The van der Waals surface area contributed by atoms with Crippen LogP contribution in [0.25, 0.3) is 0 Å². The van der Waals surface area contributed by atoms with E-state index in [2.05, 4.69) is 11.6 Å². The predicted octanol–water partition coefficient (Wildman–Crippen LogP) is 4.86. The highest BCUT2D eigenvalue weighted by molar-refractivity contribution is 7.92. The summed E-state index contributed by atoms with van der Waals surface area (Å²) in [6.07, 6.45) is -1.73. The number of aryl methyl sites for hydroxylation is 1. The van der Waals surface area contributed by atoms with Crippen LogP contribution in [-0.2, 0) is 22.6 Å². The molecule has 0 bridgehead atoms. The van der Waals surface area contributed by atoms with Gasteiger partial charge in [0.1, 0.15) is 5.75 Å². The summed E-state index contributed by atoms with van der Waals surface area (Å²) in [6, 6.07) is 8.90. The first-order chi connectivity index (χ1) is 12.2. The van der Waals surface area contributed by atoms with Gasteiger partial charge in [-0.15, -0.1) is 0 Å². The van der Waals surface area contributed by atoms with Gasteiger partial charge in [-0.1, -0.05) is 25.5 Å². The number of methoxy groups -OCH3 is 1. The summed E-state index contributed by atoms with van der Waals surface area (Å²) in [4.78, 5) is -0.0304. The minimum atomic E-state index is -4.59. The zero-order valence-corrected chi connectivity index (χ0v) is 15.2. The van der Waals surface area contributed by atoms with Crippen molar-refractivity contribution in [3.05, 3.63) is 53.6 Å². The third-order valence-corrected chi connectivity index (χ3v) is 5.21. The second-order valence-corrected chi connectivity index (χ2v) is 7.45. The predicted molar refractivity (Wildman–Crippen MR) is 93.9 cm³/mol. The Kier molecular flexibility index (Phi) is 6.17. The van der Waals surface area contributed by atoms with Gasteiger partial charge in [0.25, 0.3) is 10.0 Å². The Labute approximate surface area is 151 Å². The maximum Gasteiger partial charge on any atom is 0.416 e. The van der Waals surface area contributed by atoms with Crippen molar-refractivity contribution in [3.8, 4) is 5.75 Å². The first kappa shape index (κ1) is 20.1. The van der Waals surface area contributed by atoms with E-state index in [1.165, 1.54) is 19.2 Å². The van der Waals surface area contributed by atoms with Crippen LogP contribution in [0.1, 0.15) is 30.9 Å². The van der Waals surface area contributed by atoms with Gasteiger partial charge in [0.15, 0.2) is 0 Å². The van der Waals surface area contributed by atoms with Crippen LogP contribution in [0, 0.1) is 0 Å². The molecule has 4 nitrogen and oxygen atoms in total. The van der Waals surface area contributed by atoms with Gasteiger partial charge in [-0.05, 0) is 48.7 Å². The molecule has 0 saturated carbocycles. The molecule has 26 heavy (non-hydrogen) atoms. The van der Waals surface area contributed by atoms with E-state index in [1.807, 2.05) is 0 Å². The molecule has 0 saturated heterocycles. The zero-order chi connectivity index (χ0) is 19.4. The highest BCUT2D eigenvalue weighted by atomic mass is 32.2. The van der Waals surface area contributed by atoms with Crippen LogP contribution in [0.4, 0.5) is 18.9 Å². The fourth-order valence-corrected chi connectivity index (χ4v) is 3.45. The smallest absolute Gasteiger partial charge is 0.416 e. The molecule has 0 unspecified atom stereocenters. The molecule has 142 valence electrons. The molecule has 0 aliphatic heterocycles. The highest BCUT2D eigenvalue weighted by Gasteiger charge is 2.31. The van der Waals surface area contributed by atoms with Crippen LogP contribution in [0.5, 0.6) is 5.75 Å². The third kappa shape index (κ3) is 4.91. The number of unbranched alkanes of at least 4 members (excludes halogenated alkanes) is 1. The van der Waals surface area contributed by atoms with Crippen molar-refractivity contribution in [2.45, 2.75) is 37.3 Å². The zero-order valence-electron chi connectivity index (χ0n) is 14.4. The molecule has 0 amide bonds. The van der Waals surface area contributed by atoms with Crippen LogP contribution in [0.2, 0.25) is 0 Å². The summed E-state index contributed by atoms with van der Waals surface area (Å²) in [5.74, 6) is 0.00106. The van der Waals surface area contributed by atoms with Crippen LogP contribution in [0.3, 0.4) is 0 Å². The molecule has 0 aromatic heterocycles. The van der Waals surface area contributed by atoms with E-state index in [-0.39, 0.29) is 16.3 Å². The van der Waals surface area contributed by atoms with E-state index in [0.717, 1.165) is 37.0 Å². The maximum absolute atomic E-state index is 12.9. The second kappa shape index (κ2) is 7.99. The van der Waals surface area contributed by atoms with Gasteiger partial charge < -0.3 is 4.74 Å². The van der Waals surface area contributed by atoms with E-state index >= 15 is 0 Å². The Morgan fingerprint density at radius 2 is 1.73 bits per heavy atom. The van der Waals surface area contributed by atoms with Gasteiger partial charge in [0.05, 0.1) is 23.3 Å². The largest absolute Gasteiger partial charge is 0.495 e. The lowest BCUT2D eigenvalue weighted by atomic mass is 10.1. The number of halogens is 3. The molecule has 0 heterocycles. The molecule has 0 spiro atoms. The second-order valence-electron chi connectivity index (χ2n) is 5.77. The number of rotatable bonds is 7. The number of alkyl halides is 3. The van der Waals surface area contributed by atoms with Crippen molar-refractivity contribution in [2.24, 2.45) is 0 Å². The molecule has 0 aliphatic rings. The fourth-order valence-electron chi connectivity index (χ4n) is 2.38. The van der Waals surface area contributed by atoms with Crippen LogP contribution >= 0.6 is 0 Å². The summed E-state index contributed by atoms with van der Waals surface area (Å²) in [7, 11) is -2.79. The minimum absolute atomic E-state index is 0.00106. The number of benzene rings is 2. The Balaban J connectivity index is 2.31. The normalized spacial score (nSPS) is 12.0. The summed E-state index contributed by atoms with van der Waals surface area (Å²) in [5.41, 5.74) is -0.231. The third-order valence-electron chi connectivity index (χ3n) is 3.82. The summed E-state index contributed by atoms with van der Waals surface area (Å²) in [6.45, 7) is 2.06. The van der Waals surface area contributed by atoms with E-state index in [0.29, 0.717) is 6.07 Å². The monoisotopic (exact) mass is 387 g/mol. The molecule has 0 aliphatic carbocycles. The molecule has 0 radical (unpaired) electrons. The molecule has 2 aromatic rings. The Bertz CT molecular complexity index is 847. The number of sulfonamides is 1. The highest BCUT2D eigenvalue weighted by Crippen LogP contribution is 2.35. The molecule has 8 heteroatoms. The van der Waals surface area contributed by atoms with E-state index in [9.17, 15) is 21.6 Å². The SMILES string of the molecule is CCCCc1ccc(S(=O)(=O)Nc2cc(C(F)(F)F)ccc2OC)cc1. The summed E-state index contributed by atoms with van der Waals surface area (Å²) in [5, 5.41) is 0. The quantitative estimate of drug-likeness (QED) is 0.738. The average molecular weight is 387 g/mol. The van der Waals surface area contributed by atoms with Crippen LogP contribution in [-0.4, -0.2) is 15.5 Å². The van der Waals surface area contributed by atoms with Crippen LogP contribution < -0.4 is 9.46 Å². The number of anilines is 1. The van der Waals surface area contributed by atoms with Gasteiger partial charge in [-0.3, -0.25) is 4.72 Å². The van der Waals surface area contributed by atoms with E-state index < -0.39 is 21.8 Å². The lowest BCUT2D eigenvalue weighted by Gasteiger charge is -2.15. The molecule has 0 fully saturated rings. The Morgan fingerprint density at radius 1 is 1.08 bits per heavy atom. The van der Waals surface area contributed by atoms with Crippen molar-refractivity contribution in [1.29, 1.82) is 0 Å². The molecular weight excluding hydrogens is 367 g/mol. The van der Waals surface area contributed by atoms with Crippen molar-refractivity contribution < 1.29 is 26.3 Å². The summed E-state index contributed by atoms with van der Waals surface area (Å²) < 4.78 is 70.8. The van der Waals surface area contributed by atoms with Gasteiger partial charge >= 0.3 is 6.18 Å². The molecular formula is C18H20F3NO3S. The Morgan fingerprint density at radius 3 is 2.27 bits per heavy atom. The lowest BCUT2D eigenvalue weighted by Crippen LogP contribution is -2.15. The van der Waals surface area contributed by atoms with Gasteiger partial charge in [0, 0.05) is 0 Å². The first-order valence-electron chi connectivity index (χ1n) is 8.04. The standard InChI is InChI=1S/C18H20F3NO3S/c1-3-4-5-13-6-9-15(10-7-13)26(23,24)22-16-12-14(18(19,20)21)8-11-17(16)25-2/h6-12,22H,3-5H2,1-2H3. The van der Waals surface area contributed by atoms with Crippen molar-refractivity contribution in [1.82, 2.24) is 0 Å². The van der Waals surface area contributed by atoms with Crippen molar-refractivity contribution >= 4 is 15.7 Å². The number of hydrogen-bond acceptors (Lipinski definition) is 3. The van der Waals surface area contributed by atoms with Crippen molar-refractivity contribution in [2.75, 3.05) is 11.8 Å².